The molecular weight excluding hydrogens is 270 g/mol. The summed E-state index contributed by atoms with van der Waals surface area (Å²) in [5.74, 6) is 1.91. The molecule has 0 aliphatic carbocycles. The molecule has 0 atom stereocenters. The van der Waals surface area contributed by atoms with E-state index in [4.69, 9.17) is 4.74 Å². The molecule has 0 radical (unpaired) electrons. The van der Waals surface area contributed by atoms with Crippen molar-refractivity contribution in [2.24, 2.45) is 5.92 Å². The quantitative estimate of drug-likeness (QED) is 0.715. The van der Waals surface area contributed by atoms with Crippen molar-refractivity contribution in [1.82, 2.24) is 4.90 Å². The SMILES string of the molecule is CC1CCN(CCCCOc2ccc3ccccc3c2)CC1. The summed E-state index contributed by atoms with van der Waals surface area (Å²) in [6.45, 7) is 6.99. The number of rotatable bonds is 6. The maximum absolute atomic E-state index is 5.90. The Kier molecular flexibility index (Phi) is 5.33. The lowest BCUT2D eigenvalue weighted by atomic mass is 9.99. The molecule has 2 aromatic carbocycles. The van der Waals surface area contributed by atoms with Crippen LogP contribution in [-0.4, -0.2) is 31.1 Å². The lowest BCUT2D eigenvalue weighted by molar-refractivity contribution is 0.185. The van der Waals surface area contributed by atoms with Gasteiger partial charge in [-0.1, -0.05) is 37.3 Å². The molecule has 0 spiro atoms. The molecule has 2 heteroatoms. The van der Waals surface area contributed by atoms with Crippen molar-refractivity contribution in [3.8, 4) is 5.75 Å². The van der Waals surface area contributed by atoms with Crippen LogP contribution >= 0.6 is 0 Å². The van der Waals surface area contributed by atoms with Crippen molar-refractivity contribution < 1.29 is 4.74 Å². The van der Waals surface area contributed by atoms with Crippen LogP contribution in [0.4, 0.5) is 0 Å². The molecule has 2 nitrogen and oxygen atoms in total. The zero-order chi connectivity index (χ0) is 15.2. The largest absolute Gasteiger partial charge is 0.494 e. The zero-order valence-electron chi connectivity index (χ0n) is 13.6. The van der Waals surface area contributed by atoms with E-state index in [1.807, 2.05) is 0 Å². The van der Waals surface area contributed by atoms with Crippen LogP contribution in [-0.2, 0) is 0 Å². The molecule has 0 N–H and O–H groups in total. The molecule has 0 bridgehead atoms. The number of hydrogen-bond acceptors (Lipinski definition) is 2. The highest BCUT2D eigenvalue weighted by Crippen LogP contribution is 2.21. The van der Waals surface area contributed by atoms with Gasteiger partial charge in [-0.05, 0) is 74.1 Å². The van der Waals surface area contributed by atoms with Gasteiger partial charge in [-0.15, -0.1) is 0 Å². The molecule has 1 fully saturated rings. The Labute approximate surface area is 134 Å². The maximum Gasteiger partial charge on any atom is 0.119 e. The Morgan fingerprint density at radius 3 is 2.59 bits per heavy atom. The molecule has 1 aliphatic heterocycles. The topological polar surface area (TPSA) is 12.5 Å². The van der Waals surface area contributed by atoms with Crippen LogP contribution in [0.1, 0.15) is 32.6 Å². The summed E-state index contributed by atoms with van der Waals surface area (Å²) in [4.78, 5) is 2.61. The average Bonchev–Trinajstić information content (AvgIpc) is 2.56. The van der Waals surface area contributed by atoms with E-state index >= 15 is 0 Å². The highest BCUT2D eigenvalue weighted by molar-refractivity contribution is 5.83. The van der Waals surface area contributed by atoms with Gasteiger partial charge in [0.15, 0.2) is 0 Å². The number of fused-ring (bicyclic) bond motifs is 1. The molecule has 1 heterocycles. The summed E-state index contributed by atoms with van der Waals surface area (Å²) in [6, 6.07) is 14.8. The molecule has 118 valence electrons. The van der Waals surface area contributed by atoms with Crippen LogP contribution in [0.3, 0.4) is 0 Å². The molecule has 3 rings (SSSR count). The zero-order valence-corrected chi connectivity index (χ0v) is 13.6. The molecule has 0 amide bonds. The normalized spacial score (nSPS) is 17.0. The van der Waals surface area contributed by atoms with Gasteiger partial charge in [0.25, 0.3) is 0 Å². The van der Waals surface area contributed by atoms with Crippen molar-refractivity contribution in [1.29, 1.82) is 0 Å². The fourth-order valence-corrected chi connectivity index (χ4v) is 3.17. The molecule has 2 aromatic rings. The van der Waals surface area contributed by atoms with Crippen LogP contribution in [0.2, 0.25) is 0 Å². The predicted molar refractivity (Wildman–Crippen MR) is 93.5 cm³/mol. The van der Waals surface area contributed by atoms with Crippen molar-refractivity contribution in [2.45, 2.75) is 32.6 Å². The van der Waals surface area contributed by atoms with Crippen LogP contribution in [0.15, 0.2) is 42.5 Å². The summed E-state index contributed by atoms with van der Waals surface area (Å²) in [6.07, 6.45) is 5.11. The minimum absolute atomic E-state index is 0.822. The van der Waals surface area contributed by atoms with E-state index in [0.29, 0.717) is 0 Å². The summed E-state index contributed by atoms with van der Waals surface area (Å²) in [5.41, 5.74) is 0. The Hall–Kier alpha value is -1.54. The Morgan fingerprint density at radius 2 is 1.77 bits per heavy atom. The smallest absolute Gasteiger partial charge is 0.119 e. The number of unbranched alkanes of at least 4 members (excludes halogenated alkanes) is 1. The Balaban J connectivity index is 1.37. The molecule has 1 saturated heterocycles. The average molecular weight is 297 g/mol. The fourth-order valence-electron chi connectivity index (χ4n) is 3.17. The van der Waals surface area contributed by atoms with E-state index in [9.17, 15) is 0 Å². The standard InChI is InChI=1S/C20H27NO/c1-17-10-13-21(14-11-17)12-4-5-15-22-20-9-8-18-6-2-3-7-19(18)16-20/h2-3,6-9,16-17H,4-5,10-15H2,1H3. The van der Waals surface area contributed by atoms with Crippen LogP contribution < -0.4 is 4.74 Å². The lowest BCUT2D eigenvalue weighted by Crippen LogP contribution is -2.33. The lowest BCUT2D eigenvalue weighted by Gasteiger charge is -2.30. The number of piperidine rings is 1. The van der Waals surface area contributed by atoms with Gasteiger partial charge in [-0.25, -0.2) is 0 Å². The second kappa shape index (κ2) is 7.64. The molecule has 0 aromatic heterocycles. The van der Waals surface area contributed by atoms with E-state index in [-0.39, 0.29) is 0 Å². The minimum Gasteiger partial charge on any atom is -0.494 e. The van der Waals surface area contributed by atoms with E-state index < -0.39 is 0 Å². The number of benzene rings is 2. The van der Waals surface area contributed by atoms with Crippen molar-refractivity contribution in [2.75, 3.05) is 26.2 Å². The monoisotopic (exact) mass is 297 g/mol. The second-order valence-corrected chi connectivity index (χ2v) is 6.59. The Morgan fingerprint density at radius 1 is 1.00 bits per heavy atom. The first-order chi connectivity index (χ1) is 10.8. The van der Waals surface area contributed by atoms with Crippen LogP contribution in [0.25, 0.3) is 10.8 Å². The second-order valence-electron chi connectivity index (χ2n) is 6.59. The first-order valence-corrected chi connectivity index (χ1v) is 8.65. The van der Waals surface area contributed by atoms with Crippen LogP contribution in [0.5, 0.6) is 5.75 Å². The summed E-state index contributed by atoms with van der Waals surface area (Å²) in [5, 5.41) is 2.52. The third-order valence-electron chi connectivity index (χ3n) is 4.73. The van der Waals surface area contributed by atoms with E-state index in [1.54, 1.807) is 0 Å². The Bertz CT molecular complexity index is 587. The van der Waals surface area contributed by atoms with Gasteiger partial charge in [0, 0.05) is 0 Å². The molecule has 0 saturated carbocycles. The number of hydrogen-bond donors (Lipinski definition) is 0. The van der Waals surface area contributed by atoms with Gasteiger partial charge in [0.05, 0.1) is 6.61 Å². The highest BCUT2D eigenvalue weighted by atomic mass is 16.5. The van der Waals surface area contributed by atoms with Crippen molar-refractivity contribution in [3.63, 3.8) is 0 Å². The minimum atomic E-state index is 0.822. The van der Waals surface area contributed by atoms with Gasteiger partial charge in [-0.2, -0.15) is 0 Å². The van der Waals surface area contributed by atoms with Crippen molar-refractivity contribution in [3.05, 3.63) is 42.5 Å². The molecule has 0 unspecified atom stereocenters. The van der Waals surface area contributed by atoms with E-state index in [1.165, 1.54) is 49.7 Å². The fraction of sp³-hybridized carbons (Fsp3) is 0.500. The van der Waals surface area contributed by atoms with E-state index in [2.05, 4.69) is 54.3 Å². The summed E-state index contributed by atoms with van der Waals surface area (Å²) >= 11 is 0. The van der Waals surface area contributed by atoms with Gasteiger partial charge in [0.2, 0.25) is 0 Å². The molecule has 22 heavy (non-hydrogen) atoms. The summed E-state index contributed by atoms with van der Waals surface area (Å²) in [7, 11) is 0. The first kappa shape index (κ1) is 15.4. The first-order valence-electron chi connectivity index (χ1n) is 8.65. The third kappa shape index (κ3) is 4.23. The van der Waals surface area contributed by atoms with Crippen molar-refractivity contribution >= 4 is 10.8 Å². The third-order valence-corrected chi connectivity index (χ3v) is 4.73. The van der Waals surface area contributed by atoms with Gasteiger partial charge in [0.1, 0.15) is 5.75 Å². The number of nitrogens with zero attached hydrogens (tertiary/aromatic N) is 1. The highest BCUT2D eigenvalue weighted by Gasteiger charge is 2.14. The van der Waals surface area contributed by atoms with Gasteiger partial charge < -0.3 is 9.64 Å². The molecular formula is C20H27NO. The predicted octanol–water partition coefficient (Wildman–Crippen LogP) is 4.73. The maximum atomic E-state index is 5.90. The van der Waals surface area contributed by atoms with Gasteiger partial charge >= 0.3 is 0 Å². The molecule has 1 aliphatic rings. The van der Waals surface area contributed by atoms with E-state index in [0.717, 1.165) is 24.7 Å². The number of likely N-dealkylation sites (tertiary alicyclic amines) is 1. The van der Waals surface area contributed by atoms with Gasteiger partial charge in [-0.3, -0.25) is 0 Å². The number of ether oxygens (including phenoxy) is 1. The van der Waals surface area contributed by atoms with Crippen LogP contribution in [0, 0.1) is 5.92 Å². The summed E-state index contributed by atoms with van der Waals surface area (Å²) < 4.78 is 5.90.